The Hall–Kier alpha value is -4.13. The second kappa shape index (κ2) is 7.95. The number of hydrogen-bond donors (Lipinski definition) is 1. The lowest BCUT2D eigenvalue weighted by atomic mass is 10.1. The van der Waals surface area contributed by atoms with Crippen molar-refractivity contribution in [3.8, 4) is 11.5 Å². The topological polar surface area (TPSA) is 82.3 Å². The van der Waals surface area contributed by atoms with Gasteiger partial charge in [0.25, 0.3) is 5.91 Å². The Morgan fingerprint density at radius 3 is 2.13 bits per heavy atom. The van der Waals surface area contributed by atoms with Crippen LogP contribution in [0.25, 0.3) is 11.0 Å². The number of para-hydroxylation sites is 1. The number of rotatable bonds is 4. The SMILES string of the molecule is Cc1cccc(C(=O)Nc2cc3c(cc2Oc2ccccc2)n(C)c(=O)c(=O)n3C)c1. The zero-order valence-electron chi connectivity index (χ0n) is 17.4. The molecule has 1 heterocycles. The number of benzene rings is 3. The van der Waals surface area contributed by atoms with Gasteiger partial charge in [-0.25, -0.2) is 0 Å². The molecule has 0 atom stereocenters. The maximum atomic E-state index is 12.9. The number of nitrogens with one attached hydrogen (secondary N) is 1. The van der Waals surface area contributed by atoms with E-state index in [1.54, 1.807) is 36.4 Å². The van der Waals surface area contributed by atoms with Gasteiger partial charge in [-0.05, 0) is 37.3 Å². The molecule has 7 heteroatoms. The van der Waals surface area contributed by atoms with Crippen molar-refractivity contribution >= 4 is 22.6 Å². The predicted octanol–water partition coefficient (Wildman–Crippen LogP) is 3.59. The smallest absolute Gasteiger partial charge is 0.316 e. The summed E-state index contributed by atoms with van der Waals surface area (Å²) in [5, 5.41) is 2.88. The van der Waals surface area contributed by atoms with Crippen LogP contribution >= 0.6 is 0 Å². The predicted molar refractivity (Wildman–Crippen MR) is 120 cm³/mol. The van der Waals surface area contributed by atoms with E-state index in [2.05, 4.69) is 5.32 Å². The first kappa shape index (κ1) is 20.2. The fourth-order valence-electron chi connectivity index (χ4n) is 3.38. The fraction of sp³-hybridized carbons (Fsp3) is 0.125. The number of hydrogen-bond acceptors (Lipinski definition) is 4. The average Bonchev–Trinajstić information content (AvgIpc) is 2.77. The van der Waals surface area contributed by atoms with Crippen LogP contribution in [0.3, 0.4) is 0 Å². The monoisotopic (exact) mass is 415 g/mol. The Morgan fingerprint density at radius 2 is 1.48 bits per heavy atom. The molecule has 156 valence electrons. The molecule has 4 aromatic rings. The molecule has 7 nitrogen and oxygen atoms in total. The molecule has 0 aliphatic heterocycles. The molecular weight excluding hydrogens is 394 g/mol. The van der Waals surface area contributed by atoms with Crippen LogP contribution in [0.5, 0.6) is 11.5 Å². The van der Waals surface area contributed by atoms with Gasteiger partial charge < -0.3 is 19.2 Å². The van der Waals surface area contributed by atoms with Gasteiger partial charge in [0.15, 0.2) is 5.75 Å². The number of anilines is 1. The van der Waals surface area contributed by atoms with E-state index in [1.165, 1.54) is 23.2 Å². The van der Waals surface area contributed by atoms with Crippen LogP contribution in [0.2, 0.25) is 0 Å². The summed E-state index contributed by atoms with van der Waals surface area (Å²) in [5.74, 6) is 0.617. The Kier molecular flexibility index (Phi) is 5.17. The molecule has 1 amide bonds. The highest BCUT2D eigenvalue weighted by molar-refractivity contribution is 6.06. The van der Waals surface area contributed by atoms with E-state index in [9.17, 15) is 14.4 Å². The van der Waals surface area contributed by atoms with E-state index >= 15 is 0 Å². The van der Waals surface area contributed by atoms with E-state index in [4.69, 9.17) is 4.74 Å². The third-order valence-corrected chi connectivity index (χ3v) is 5.09. The number of carbonyl (C=O) groups excluding carboxylic acids is 1. The summed E-state index contributed by atoms with van der Waals surface area (Å²) < 4.78 is 8.58. The van der Waals surface area contributed by atoms with E-state index < -0.39 is 11.1 Å². The van der Waals surface area contributed by atoms with E-state index in [0.29, 0.717) is 33.8 Å². The first-order valence-corrected chi connectivity index (χ1v) is 9.70. The van der Waals surface area contributed by atoms with E-state index in [-0.39, 0.29) is 5.91 Å². The molecule has 31 heavy (non-hydrogen) atoms. The van der Waals surface area contributed by atoms with Gasteiger partial charge in [-0.15, -0.1) is 0 Å². The second-order valence-electron chi connectivity index (χ2n) is 7.30. The zero-order valence-corrected chi connectivity index (χ0v) is 17.4. The van der Waals surface area contributed by atoms with Gasteiger partial charge in [0.1, 0.15) is 5.75 Å². The summed E-state index contributed by atoms with van der Waals surface area (Å²) in [6.07, 6.45) is 0. The summed E-state index contributed by atoms with van der Waals surface area (Å²) >= 11 is 0. The molecule has 3 aromatic carbocycles. The van der Waals surface area contributed by atoms with Crippen molar-refractivity contribution in [1.82, 2.24) is 9.13 Å². The lowest BCUT2D eigenvalue weighted by molar-refractivity contribution is 0.102. The van der Waals surface area contributed by atoms with Gasteiger partial charge in [-0.1, -0.05) is 35.9 Å². The van der Waals surface area contributed by atoms with E-state index in [1.807, 2.05) is 37.3 Å². The highest BCUT2D eigenvalue weighted by Gasteiger charge is 2.16. The van der Waals surface area contributed by atoms with Crippen LogP contribution in [0.4, 0.5) is 5.69 Å². The molecule has 0 unspecified atom stereocenters. The van der Waals surface area contributed by atoms with Crippen molar-refractivity contribution < 1.29 is 9.53 Å². The van der Waals surface area contributed by atoms with Crippen LogP contribution in [0.15, 0.2) is 76.3 Å². The molecule has 4 rings (SSSR count). The average molecular weight is 415 g/mol. The number of nitrogens with zero attached hydrogens (tertiary/aromatic N) is 2. The Morgan fingerprint density at radius 1 is 0.839 bits per heavy atom. The standard InChI is InChI=1S/C24H21N3O4/c1-15-8-7-9-16(12-15)22(28)25-18-13-19-20(27(3)24(30)23(29)26(19)2)14-21(18)31-17-10-5-4-6-11-17/h4-14H,1-3H3,(H,25,28). The highest BCUT2D eigenvalue weighted by atomic mass is 16.5. The molecule has 0 spiro atoms. The molecule has 0 aliphatic carbocycles. The van der Waals surface area contributed by atoms with Gasteiger partial charge in [0, 0.05) is 25.7 Å². The number of aryl methyl sites for hydroxylation is 3. The van der Waals surface area contributed by atoms with Gasteiger partial charge in [0.05, 0.1) is 16.7 Å². The van der Waals surface area contributed by atoms with Crippen LogP contribution in [0.1, 0.15) is 15.9 Å². The molecular formula is C24H21N3O4. The van der Waals surface area contributed by atoms with Gasteiger partial charge in [-0.3, -0.25) is 14.4 Å². The van der Waals surface area contributed by atoms with Crippen LogP contribution < -0.4 is 21.2 Å². The minimum atomic E-state index is -0.650. The molecule has 0 radical (unpaired) electrons. The maximum absolute atomic E-state index is 12.9. The molecule has 0 bridgehead atoms. The van der Waals surface area contributed by atoms with Crippen molar-refractivity contribution in [1.29, 1.82) is 0 Å². The molecule has 1 aromatic heterocycles. The van der Waals surface area contributed by atoms with Crippen molar-refractivity contribution in [2.75, 3.05) is 5.32 Å². The van der Waals surface area contributed by atoms with Crippen LogP contribution in [-0.2, 0) is 14.1 Å². The first-order valence-electron chi connectivity index (χ1n) is 9.70. The zero-order chi connectivity index (χ0) is 22.1. The number of aromatic nitrogens is 2. The summed E-state index contributed by atoms with van der Waals surface area (Å²) in [4.78, 5) is 37.4. The Bertz CT molecular complexity index is 1420. The normalized spacial score (nSPS) is 10.8. The first-order chi connectivity index (χ1) is 14.8. The molecule has 0 aliphatic rings. The molecule has 0 saturated carbocycles. The minimum absolute atomic E-state index is 0.309. The summed E-state index contributed by atoms with van der Waals surface area (Å²) in [6.45, 7) is 1.91. The number of ether oxygens (including phenoxy) is 1. The lowest BCUT2D eigenvalue weighted by Gasteiger charge is -2.16. The number of fused-ring (bicyclic) bond motifs is 1. The molecule has 1 N–H and O–H groups in total. The third kappa shape index (κ3) is 3.85. The number of carbonyl (C=O) groups is 1. The van der Waals surface area contributed by atoms with Gasteiger partial charge in [0.2, 0.25) is 0 Å². The molecule has 0 fully saturated rings. The maximum Gasteiger partial charge on any atom is 0.316 e. The van der Waals surface area contributed by atoms with E-state index in [0.717, 1.165) is 5.56 Å². The highest BCUT2D eigenvalue weighted by Crippen LogP contribution is 2.33. The Labute approximate surface area is 178 Å². The number of amides is 1. The quantitative estimate of drug-likeness (QED) is 0.517. The third-order valence-electron chi connectivity index (χ3n) is 5.09. The van der Waals surface area contributed by atoms with Crippen molar-refractivity contribution in [3.05, 3.63) is 98.6 Å². The second-order valence-corrected chi connectivity index (χ2v) is 7.30. The largest absolute Gasteiger partial charge is 0.455 e. The van der Waals surface area contributed by atoms with Crippen LogP contribution in [-0.4, -0.2) is 15.0 Å². The summed E-state index contributed by atoms with van der Waals surface area (Å²) in [5.41, 5.74) is 1.56. The fourth-order valence-corrected chi connectivity index (χ4v) is 3.38. The Balaban J connectivity index is 1.88. The minimum Gasteiger partial charge on any atom is -0.455 e. The van der Waals surface area contributed by atoms with Gasteiger partial charge in [-0.2, -0.15) is 0 Å². The van der Waals surface area contributed by atoms with Crippen molar-refractivity contribution in [3.63, 3.8) is 0 Å². The lowest BCUT2D eigenvalue weighted by Crippen LogP contribution is -2.39. The van der Waals surface area contributed by atoms with Crippen LogP contribution in [0, 0.1) is 6.92 Å². The summed E-state index contributed by atoms with van der Waals surface area (Å²) in [7, 11) is 3.05. The van der Waals surface area contributed by atoms with Crippen molar-refractivity contribution in [2.24, 2.45) is 14.1 Å². The summed E-state index contributed by atoms with van der Waals surface area (Å²) in [6, 6.07) is 19.6. The molecule has 0 saturated heterocycles. The van der Waals surface area contributed by atoms with Gasteiger partial charge >= 0.3 is 11.1 Å². The van der Waals surface area contributed by atoms with Crippen molar-refractivity contribution in [2.45, 2.75) is 6.92 Å².